The average Bonchev–Trinajstić information content (AvgIpc) is 2.33. The van der Waals surface area contributed by atoms with Gasteiger partial charge in [0.05, 0.1) is 17.2 Å². The molecule has 8 heteroatoms. The molecule has 0 unspecified atom stereocenters. The molecule has 1 aromatic carbocycles. The Morgan fingerprint density at radius 2 is 2.10 bits per heavy atom. The SMILES string of the molecule is NS(=O)(=O)c1cc(Br)cc(C(=O)OCCC2CCC2)c1Cl. The van der Waals surface area contributed by atoms with E-state index in [2.05, 4.69) is 15.9 Å². The molecule has 2 rings (SSSR count). The van der Waals surface area contributed by atoms with Crippen molar-refractivity contribution in [2.24, 2.45) is 11.1 Å². The number of hydrogen-bond donors (Lipinski definition) is 1. The van der Waals surface area contributed by atoms with Crippen LogP contribution in [0.15, 0.2) is 21.5 Å². The number of rotatable bonds is 5. The average molecular weight is 397 g/mol. The summed E-state index contributed by atoms with van der Waals surface area (Å²) in [6.45, 7) is 0.303. The van der Waals surface area contributed by atoms with Crippen molar-refractivity contribution in [3.63, 3.8) is 0 Å². The van der Waals surface area contributed by atoms with Crippen molar-refractivity contribution in [1.29, 1.82) is 0 Å². The molecule has 0 atom stereocenters. The molecule has 0 bridgehead atoms. The van der Waals surface area contributed by atoms with Crippen molar-refractivity contribution in [3.05, 3.63) is 27.2 Å². The number of ether oxygens (including phenoxy) is 1. The van der Waals surface area contributed by atoms with E-state index in [-0.39, 0.29) is 15.5 Å². The second-order valence-electron chi connectivity index (χ2n) is 5.03. The predicted octanol–water partition coefficient (Wildman–Crippen LogP) is 3.10. The molecule has 21 heavy (non-hydrogen) atoms. The van der Waals surface area contributed by atoms with Crippen LogP contribution in [-0.4, -0.2) is 21.0 Å². The van der Waals surface area contributed by atoms with E-state index in [0.29, 0.717) is 17.0 Å². The van der Waals surface area contributed by atoms with Crippen molar-refractivity contribution >= 4 is 43.5 Å². The van der Waals surface area contributed by atoms with Crippen molar-refractivity contribution in [2.75, 3.05) is 6.61 Å². The minimum absolute atomic E-state index is 0.0105. The number of benzene rings is 1. The van der Waals surface area contributed by atoms with E-state index < -0.39 is 16.0 Å². The summed E-state index contributed by atoms with van der Waals surface area (Å²) in [7, 11) is -4.01. The zero-order valence-electron chi connectivity index (χ0n) is 11.1. The first-order valence-corrected chi connectivity index (χ1v) is 9.19. The molecular formula is C13H15BrClNO4S. The lowest BCUT2D eigenvalue weighted by Gasteiger charge is -2.24. The highest BCUT2D eigenvalue weighted by Gasteiger charge is 2.23. The maximum absolute atomic E-state index is 12.0. The molecule has 1 aliphatic rings. The van der Waals surface area contributed by atoms with Crippen LogP contribution in [0, 0.1) is 5.92 Å². The zero-order chi connectivity index (χ0) is 15.6. The lowest BCUT2D eigenvalue weighted by Crippen LogP contribution is -2.17. The highest BCUT2D eigenvalue weighted by atomic mass is 79.9. The highest BCUT2D eigenvalue weighted by Crippen LogP contribution is 2.31. The molecule has 0 aromatic heterocycles. The molecule has 5 nitrogen and oxygen atoms in total. The van der Waals surface area contributed by atoms with E-state index in [9.17, 15) is 13.2 Å². The Morgan fingerprint density at radius 1 is 1.43 bits per heavy atom. The van der Waals surface area contributed by atoms with Gasteiger partial charge in [-0.3, -0.25) is 0 Å². The first-order chi connectivity index (χ1) is 9.79. The van der Waals surface area contributed by atoms with Gasteiger partial charge in [0.25, 0.3) is 0 Å². The van der Waals surface area contributed by atoms with Crippen LogP contribution in [0.5, 0.6) is 0 Å². The summed E-state index contributed by atoms with van der Waals surface area (Å²) in [6, 6.07) is 2.67. The topological polar surface area (TPSA) is 86.5 Å². The molecule has 1 fully saturated rings. The van der Waals surface area contributed by atoms with Crippen LogP contribution < -0.4 is 5.14 Å². The van der Waals surface area contributed by atoms with Gasteiger partial charge in [-0.05, 0) is 24.5 Å². The molecule has 0 saturated heterocycles. The van der Waals surface area contributed by atoms with Gasteiger partial charge in [-0.15, -0.1) is 0 Å². The fourth-order valence-corrected chi connectivity index (χ4v) is 3.87. The molecule has 2 N–H and O–H groups in total. The molecule has 0 aliphatic heterocycles. The number of halogens is 2. The lowest BCUT2D eigenvalue weighted by atomic mass is 9.83. The molecule has 0 radical (unpaired) electrons. The third-order valence-electron chi connectivity index (χ3n) is 3.51. The number of nitrogens with two attached hydrogens (primary N) is 1. The van der Waals surface area contributed by atoms with E-state index in [1.54, 1.807) is 0 Å². The Balaban J connectivity index is 2.14. The van der Waals surface area contributed by atoms with Gasteiger partial charge in [0, 0.05) is 4.47 Å². The van der Waals surface area contributed by atoms with Crippen LogP contribution in [0.4, 0.5) is 0 Å². The zero-order valence-corrected chi connectivity index (χ0v) is 14.3. The van der Waals surface area contributed by atoms with Gasteiger partial charge in [-0.25, -0.2) is 18.4 Å². The fourth-order valence-electron chi connectivity index (χ4n) is 2.10. The Hall–Kier alpha value is -0.630. The Morgan fingerprint density at radius 3 is 2.62 bits per heavy atom. The summed E-state index contributed by atoms with van der Waals surface area (Å²) in [4.78, 5) is 11.7. The van der Waals surface area contributed by atoms with Crippen molar-refractivity contribution in [2.45, 2.75) is 30.6 Å². The summed E-state index contributed by atoms with van der Waals surface area (Å²) >= 11 is 9.09. The van der Waals surface area contributed by atoms with Crippen LogP contribution >= 0.6 is 27.5 Å². The summed E-state index contributed by atoms with van der Waals surface area (Å²) in [5, 5.41) is 4.86. The Bertz CT molecular complexity index is 658. The molecule has 0 heterocycles. The molecule has 0 amide bonds. The molecule has 0 spiro atoms. The number of sulfonamides is 1. The molecule has 1 saturated carbocycles. The van der Waals surface area contributed by atoms with Crippen LogP contribution in [0.1, 0.15) is 36.0 Å². The normalized spacial score (nSPS) is 15.6. The third-order valence-corrected chi connectivity index (χ3v) is 5.43. The van der Waals surface area contributed by atoms with Gasteiger partial charge >= 0.3 is 5.97 Å². The third kappa shape index (κ3) is 4.18. The maximum atomic E-state index is 12.0. The maximum Gasteiger partial charge on any atom is 0.339 e. The summed E-state index contributed by atoms with van der Waals surface area (Å²) in [5.74, 6) is -0.0266. The van der Waals surface area contributed by atoms with Crippen LogP contribution in [-0.2, 0) is 14.8 Å². The van der Waals surface area contributed by atoms with Crippen LogP contribution in [0.25, 0.3) is 0 Å². The quantitative estimate of drug-likeness (QED) is 0.775. The van der Waals surface area contributed by atoms with Gasteiger partial charge in [0.15, 0.2) is 0 Å². The van der Waals surface area contributed by atoms with E-state index in [1.807, 2.05) is 0 Å². The first-order valence-electron chi connectivity index (χ1n) is 6.48. The fraction of sp³-hybridized carbons (Fsp3) is 0.462. The highest BCUT2D eigenvalue weighted by molar-refractivity contribution is 9.10. The monoisotopic (exact) mass is 395 g/mol. The predicted molar refractivity (Wildman–Crippen MR) is 82.8 cm³/mol. The summed E-state index contributed by atoms with van der Waals surface area (Å²) in [6.07, 6.45) is 4.39. The number of hydrogen-bond acceptors (Lipinski definition) is 4. The second kappa shape index (κ2) is 6.64. The van der Waals surface area contributed by atoms with E-state index in [1.165, 1.54) is 31.4 Å². The summed E-state index contributed by atoms with van der Waals surface area (Å²) < 4.78 is 28.5. The number of carbonyl (C=O) groups is 1. The summed E-state index contributed by atoms with van der Waals surface area (Å²) in [5.41, 5.74) is -0.0105. The number of carbonyl (C=O) groups excluding carboxylic acids is 1. The smallest absolute Gasteiger partial charge is 0.339 e. The Kier molecular flexibility index (Phi) is 5.29. The van der Waals surface area contributed by atoms with Crippen molar-refractivity contribution in [1.82, 2.24) is 0 Å². The lowest BCUT2D eigenvalue weighted by molar-refractivity contribution is 0.0464. The Labute approximate surface area is 137 Å². The number of primary sulfonamides is 1. The number of esters is 1. The van der Waals surface area contributed by atoms with E-state index in [0.717, 1.165) is 6.42 Å². The molecule has 1 aromatic rings. The van der Waals surface area contributed by atoms with Crippen molar-refractivity contribution < 1.29 is 17.9 Å². The molecule has 1 aliphatic carbocycles. The molecule has 116 valence electrons. The van der Waals surface area contributed by atoms with E-state index >= 15 is 0 Å². The standard InChI is InChI=1S/C13H15BrClNO4S/c14-9-6-10(12(15)11(7-9)21(16,18)19)13(17)20-5-4-8-2-1-3-8/h6-8H,1-5H2,(H2,16,18,19). The van der Waals surface area contributed by atoms with Gasteiger partial charge in [-0.2, -0.15) is 0 Å². The van der Waals surface area contributed by atoms with Crippen LogP contribution in [0.2, 0.25) is 5.02 Å². The minimum atomic E-state index is -4.01. The van der Waals surface area contributed by atoms with Gasteiger partial charge in [-0.1, -0.05) is 46.8 Å². The largest absolute Gasteiger partial charge is 0.462 e. The van der Waals surface area contributed by atoms with Gasteiger partial charge < -0.3 is 4.74 Å². The van der Waals surface area contributed by atoms with Gasteiger partial charge in [0.1, 0.15) is 4.90 Å². The molecular weight excluding hydrogens is 382 g/mol. The van der Waals surface area contributed by atoms with E-state index in [4.69, 9.17) is 21.5 Å². The van der Waals surface area contributed by atoms with Gasteiger partial charge in [0.2, 0.25) is 10.0 Å². The van der Waals surface area contributed by atoms with Crippen LogP contribution in [0.3, 0.4) is 0 Å². The minimum Gasteiger partial charge on any atom is -0.462 e. The first kappa shape index (κ1) is 16.7. The van der Waals surface area contributed by atoms with Crippen molar-refractivity contribution in [3.8, 4) is 0 Å². The second-order valence-corrected chi connectivity index (χ2v) is 7.86.